The number of furan rings is 1. The number of amides is 2. The molecule has 208 valence electrons. The summed E-state index contributed by atoms with van der Waals surface area (Å²) in [5.74, 6) is 0.679. The summed E-state index contributed by atoms with van der Waals surface area (Å²) in [6, 6.07) is 10.4. The van der Waals surface area contributed by atoms with Crippen LogP contribution in [0.5, 0.6) is 0 Å². The van der Waals surface area contributed by atoms with E-state index in [1.54, 1.807) is 41.4 Å². The fourth-order valence-electron chi connectivity index (χ4n) is 4.92. The maximum absolute atomic E-state index is 12.9. The van der Waals surface area contributed by atoms with Gasteiger partial charge in [0.15, 0.2) is 11.6 Å². The molecule has 2 amide bonds. The van der Waals surface area contributed by atoms with E-state index in [-0.39, 0.29) is 35.9 Å². The van der Waals surface area contributed by atoms with Gasteiger partial charge in [0.2, 0.25) is 0 Å². The number of hydrogen-bond acceptors (Lipinski definition) is 7. The number of nitrogens with one attached hydrogen (secondary N) is 1. The number of aromatic nitrogens is 1. The third kappa shape index (κ3) is 6.59. The molecular weight excluding hydrogens is 532 g/mol. The first-order chi connectivity index (χ1) is 19.0. The zero-order valence-corrected chi connectivity index (χ0v) is 23.5. The van der Waals surface area contributed by atoms with Gasteiger partial charge in [-0.05, 0) is 75.1 Å². The minimum Gasteiger partial charge on any atom is -0.459 e. The lowest BCUT2D eigenvalue weighted by Crippen LogP contribution is -2.35. The van der Waals surface area contributed by atoms with E-state index in [2.05, 4.69) is 15.3 Å². The van der Waals surface area contributed by atoms with Crippen LogP contribution in [0.2, 0.25) is 5.02 Å². The molecule has 5 rings (SSSR count). The topological polar surface area (TPSA) is 114 Å². The van der Waals surface area contributed by atoms with Gasteiger partial charge >= 0.3 is 6.09 Å². The number of ketones is 1. The quantitative estimate of drug-likeness (QED) is 0.377. The van der Waals surface area contributed by atoms with Crippen molar-refractivity contribution in [2.75, 3.05) is 18.4 Å². The Bertz CT molecular complexity index is 1480. The molecule has 0 bridgehead atoms. The molecule has 2 aromatic heterocycles. The van der Waals surface area contributed by atoms with Gasteiger partial charge in [0.1, 0.15) is 11.4 Å². The molecule has 0 spiro atoms. The number of carbonyl (C=O) groups excluding carboxylic acids is 3. The van der Waals surface area contributed by atoms with Crippen molar-refractivity contribution in [2.24, 2.45) is 10.9 Å². The highest BCUT2D eigenvalue weighted by Gasteiger charge is 2.31. The molecule has 0 saturated carbocycles. The average molecular weight is 563 g/mol. The Balaban J connectivity index is 1.18. The van der Waals surface area contributed by atoms with Crippen LogP contribution in [0.25, 0.3) is 0 Å². The lowest BCUT2D eigenvalue weighted by molar-refractivity contribution is -0.119. The maximum Gasteiger partial charge on any atom is 0.410 e. The molecule has 1 atom stereocenters. The van der Waals surface area contributed by atoms with Crippen molar-refractivity contribution in [2.45, 2.75) is 52.1 Å². The lowest BCUT2D eigenvalue weighted by Gasteiger charge is -2.24. The molecule has 9 nitrogen and oxygen atoms in total. The number of benzene rings is 1. The number of aliphatic imine (C=N–C) groups is 1. The molecule has 1 saturated heterocycles. The molecule has 40 heavy (non-hydrogen) atoms. The first-order valence-corrected chi connectivity index (χ1v) is 13.6. The van der Waals surface area contributed by atoms with Crippen LogP contribution in [0, 0.1) is 5.92 Å². The predicted molar refractivity (Wildman–Crippen MR) is 151 cm³/mol. The summed E-state index contributed by atoms with van der Waals surface area (Å²) in [5, 5.41) is 3.32. The Labute approximate surface area is 237 Å². The average Bonchev–Trinajstić information content (AvgIpc) is 3.65. The van der Waals surface area contributed by atoms with Crippen molar-refractivity contribution < 1.29 is 23.5 Å². The molecule has 0 aliphatic carbocycles. The van der Waals surface area contributed by atoms with Gasteiger partial charge in [-0.25, -0.2) is 14.8 Å². The van der Waals surface area contributed by atoms with E-state index < -0.39 is 5.60 Å². The molecule has 0 unspecified atom stereocenters. The number of halogens is 1. The van der Waals surface area contributed by atoms with Crippen molar-refractivity contribution in [3.63, 3.8) is 0 Å². The molecule has 2 aliphatic rings. The number of fused-ring (bicyclic) bond motifs is 1. The zero-order valence-electron chi connectivity index (χ0n) is 22.7. The van der Waals surface area contributed by atoms with E-state index in [0.29, 0.717) is 48.0 Å². The van der Waals surface area contributed by atoms with Gasteiger partial charge in [-0.3, -0.25) is 9.59 Å². The van der Waals surface area contributed by atoms with E-state index in [9.17, 15) is 14.4 Å². The zero-order chi connectivity index (χ0) is 28.4. The van der Waals surface area contributed by atoms with E-state index in [4.69, 9.17) is 20.8 Å². The molecule has 1 fully saturated rings. The third-order valence-corrected chi connectivity index (χ3v) is 7.06. The monoisotopic (exact) mass is 562 g/mol. The second-order valence-corrected chi connectivity index (χ2v) is 11.6. The summed E-state index contributed by atoms with van der Waals surface area (Å²) in [6.07, 6.45) is 4.77. The largest absolute Gasteiger partial charge is 0.459 e. The Kier molecular flexibility index (Phi) is 7.76. The number of rotatable bonds is 7. The van der Waals surface area contributed by atoms with Crippen LogP contribution in [0.4, 0.5) is 16.3 Å². The van der Waals surface area contributed by atoms with Crippen LogP contribution in [-0.2, 0) is 22.4 Å². The van der Waals surface area contributed by atoms with Crippen molar-refractivity contribution in [3.05, 3.63) is 76.3 Å². The van der Waals surface area contributed by atoms with Crippen LogP contribution >= 0.6 is 11.6 Å². The van der Waals surface area contributed by atoms with Gasteiger partial charge in [0.05, 0.1) is 12.0 Å². The molecule has 1 N–H and O–H groups in total. The van der Waals surface area contributed by atoms with Crippen molar-refractivity contribution in [1.82, 2.24) is 9.88 Å². The summed E-state index contributed by atoms with van der Waals surface area (Å²) in [5.41, 5.74) is 3.20. The van der Waals surface area contributed by atoms with Gasteiger partial charge < -0.3 is 19.4 Å². The SMILES string of the molecule is CC(C)(C)OC(=O)N1CC[C@H](CC(=O)Cc2cnc3c(c2)CC(c2cc(NC(=O)c4ccco4)ccc2Cl)=N3)C1. The number of pyridine rings is 1. The number of anilines is 1. The number of ether oxygens (including phenoxy) is 1. The second-order valence-electron chi connectivity index (χ2n) is 11.2. The standard InChI is InChI=1S/C30H31ClN4O5/c1-30(2,3)40-29(38)35-9-8-18(17-35)12-22(36)13-19-11-20-14-25(34-27(20)32-16-19)23-15-21(6-7-24(23)31)33-28(37)26-5-4-10-39-26/h4-7,10-11,15-16,18H,8-9,12-14,17H2,1-3H3,(H,33,37)/t18-/m1/s1. The Morgan fingerprint density at radius 2 is 2.02 bits per heavy atom. The fourth-order valence-corrected chi connectivity index (χ4v) is 5.15. The summed E-state index contributed by atoms with van der Waals surface area (Å²) >= 11 is 6.49. The Morgan fingerprint density at radius 3 is 2.77 bits per heavy atom. The smallest absolute Gasteiger partial charge is 0.410 e. The summed E-state index contributed by atoms with van der Waals surface area (Å²) < 4.78 is 10.6. The van der Waals surface area contributed by atoms with Crippen LogP contribution in [0.1, 0.15) is 60.9 Å². The molecule has 3 aromatic rings. The van der Waals surface area contributed by atoms with E-state index in [1.165, 1.54) is 6.26 Å². The fraction of sp³-hybridized carbons (Fsp3) is 0.367. The van der Waals surface area contributed by atoms with Gasteiger partial charge in [-0.15, -0.1) is 0 Å². The highest BCUT2D eigenvalue weighted by molar-refractivity contribution is 6.34. The normalized spacial score (nSPS) is 16.4. The Hall–Kier alpha value is -3.98. The summed E-state index contributed by atoms with van der Waals surface area (Å²) in [7, 11) is 0. The van der Waals surface area contributed by atoms with E-state index >= 15 is 0 Å². The highest BCUT2D eigenvalue weighted by Crippen LogP contribution is 2.32. The maximum atomic E-state index is 12.9. The van der Waals surface area contributed by atoms with Gasteiger partial charge in [0, 0.05) is 60.4 Å². The second kappa shape index (κ2) is 11.3. The number of likely N-dealkylation sites (tertiary alicyclic amines) is 1. The minimum absolute atomic E-state index is 0.111. The van der Waals surface area contributed by atoms with Crippen LogP contribution in [-0.4, -0.2) is 52.1 Å². The van der Waals surface area contributed by atoms with Crippen LogP contribution in [0.15, 0.2) is 58.3 Å². The molecule has 4 heterocycles. The third-order valence-electron chi connectivity index (χ3n) is 6.73. The lowest BCUT2D eigenvalue weighted by atomic mass is 9.97. The first kappa shape index (κ1) is 27.6. The van der Waals surface area contributed by atoms with Gasteiger partial charge in [-0.2, -0.15) is 0 Å². The van der Waals surface area contributed by atoms with Gasteiger partial charge in [-0.1, -0.05) is 11.6 Å². The molecule has 1 aromatic carbocycles. The molecule has 0 radical (unpaired) electrons. The number of nitrogens with zero attached hydrogens (tertiary/aromatic N) is 3. The van der Waals surface area contributed by atoms with Crippen molar-refractivity contribution >= 4 is 46.6 Å². The molecule has 10 heteroatoms. The predicted octanol–water partition coefficient (Wildman–Crippen LogP) is 6.02. The van der Waals surface area contributed by atoms with Crippen molar-refractivity contribution in [1.29, 1.82) is 0 Å². The minimum atomic E-state index is -0.542. The van der Waals surface area contributed by atoms with Crippen molar-refractivity contribution in [3.8, 4) is 0 Å². The first-order valence-electron chi connectivity index (χ1n) is 13.2. The Morgan fingerprint density at radius 1 is 1.20 bits per heavy atom. The molecule has 2 aliphatic heterocycles. The summed E-state index contributed by atoms with van der Waals surface area (Å²) in [6.45, 7) is 6.66. The van der Waals surface area contributed by atoms with Crippen LogP contribution < -0.4 is 5.32 Å². The molecular formula is C30H31ClN4O5. The summed E-state index contributed by atoms with van der Waals surface area (Å²) in [4.78, 5) is 48.4. The van der Waals surface area contributed by atoms with Crippen LogP contribution in [0.3, 0.4) is 0 Å². The van der Waals surface area contributed by atoms with Gasteiger partial charge in [0.25, 0.3) is 5.91 Å². The van der Waals surface area contributed by atoms with E-state index in [0.717, 1.165) is 23.3 Å². The number of hydrogen-bond donors (Lipinski definition) is 1. The van der Waals surface area contributed by atoms with E-state index in [1.807, 2.05) is 26.8 Å². The highest BCUT2D eigenvalue weighted by atomic mass is 35.5. The number of carbonyl (C=O) groups is 3. The number of Topliss-reactive ketones (excluding diaryl/α,β-unsaturated/α-hetero) is 1.